The van der Waals surface area contributed by atoms with Crippen molar-refractivity contribution < 1.29 is 13.2 Å². The number of benzene rings is 1. The molecule has 0 bridgehead atoms. The predicted octanol–water partition coefficient (Wildman–Crippen LogP) is 2.37. The normalized spacial score (nSPS) is 11.3. The van der Waals surface area contributed by atoms with Gasteiger partial charge in [0.15, 0.2) is 0 Å². The maximum absolute atomic E-state index is 12.3. The Morgan fingerprint density at radius 1 is 1.24 bits per heavy atom. The second-order valence-corrected chi connectivity index (χ2v) is 7.78. The molecule has 1 amide bonds. The van der Waals surface area contributed by atoms with Crippen molar-refractivity contribution >= 4 is 27.5 Å². The van der Waals surface area contributed by atoms with Crippen molar-refractivity contribution in [3.63, 3.8) is 0 Å². The number of halogens is 1. The molecule has 25 heavy (non-hydrogen) atoms. The van der Waals surface area contributed by atoms with Crippen LogP contribution in [0.4, 0.5) is 0 Å². The molecule has 0 unspecified atom stereocenters. The molecule has 0 aliphatic heterocycles. The zero-order chi connectivity index (χ0) is 18.4. The molecule has 134 valence electrons. The number of carbonyl (C=O) groups is 1. The Kier molecular flexibility index (Phi) is 6.52. The number of nitrogens with one attached hydrogen (secondary N) is 1. The van der Waals surface area contributed by atoms with Gasteiger partial charge < -0.3 is 4.90 Å². The van der Waals surface area contributed by atoms with E-state index < -0.39 is 10.0 Å². The van der Waals surface area contributed by atoms with E-state index in [0.29, 0.717) is 17.1 Å². The molecule has 0 atom stereocenters. The van der Waals surface area contributed by atoms with E-state index in [4.69, 9.17) is 11.6 Å². The van der Waals surface area contributed by atoms with Crippen LogP contribution in [0.2, 0.25) is 5.02 Å². The molecule has 0 aliphatic rings. The van der Waals surface area contributed by atoms with Gasteiger partial charge in [-0.25, -0.2) is 13.1 Å². The first-order valence-corrected chi connectivity index (χ1v) is 9.56. The molecule has 2 aromatic rings. The molecule has 0 saturated heterocycles. The summed E-state index contributed by atoms with van der Waals surface area (Å²) in [6, 6.07) is 8.16. The summed E-state index contributed by atoms with van der Waals surface area (Å²) in [7, 11) is -3.65. The third-order valence-electron chi connectivity index (χ3n) is 3.68. The minimum atomic E-state index is -3.65. The van der Waals surface area contributed by atoms with E-state index in [1.165, 1.54) is 19.1 Å². The molecule has 2 rings (SSSR count). The van der Waals surface area contributed by atoms with Gasteiger partial charge in [-0.3, -0.25) is 9.78 Å². The number of aryl methyl sites for hydroxylation is 1. The first-order valence-electron chi connectivity index (χ1n) is 7.70. The number of aromatic nitrogens is 1. The lowest BCUT2D eigenvalue weighted by molar-refractivity contribution is -0.129. The van der Waals surface area contributed by atoms with Gasteiger partial charge in [0, 0.05) is 44.0 Å². The number of pyridine rings is 1. The Labute approximate surface area is 152 Å². The summed E-state index contributed by atoms with van der Waals surface area (Å²) in [5.41, 5.74) is 1.62. The summed E-state index contributed by atoms with van der Waals surface area (Å²) in [6.07, 6.45) is 3.30. The van der Waals surface area contributed by atoms with Gasteiger partial charge in [0.1, 0.15) is 0 Å². The zero-order valence-corrected chi connectivity index (χ0v) is 15.6. The van der Waals surface area contributed by atoms with Crippen LogP contribution < -0.4 is 4.72 Å². The van der Waals surface area contributed by atoms with Crippen molar-refractivity contribution in [1.29, 1.82) is 0 Å². The van der Waals surface area contributed by atoms with E-state index >= 15 is 0 Å². The molecule has 6 nitrogen and oxygen atoms in total. The Morgan fingerprint density at radius 2 is 1.92 bits per heavy atom. The van der Waals surface area contributed by atoms with E-state index in [1.807, 2.05) is 12.1 Å². The van der Waals surface area contributed by atoms with E-state index in [2.05, 4.69) is 9.71 Å². The van der Waals surface area contributed by atoms with Crippen LogP contribution in [0.3, 0.4) is 0 Å². The minimum absolute atomic E-state index is 0.120. The second-order valence-electron chi connectivity index (χ2n) is 5.60. The highest BCUT2D eigenvalue weighted by molar-refractivity contribution is 7.89. The van der Waals surface area contributed by atoms with E-state index in [9.17, 15) is 13.2 Å². The lowest BCUT2D eigenvalue weighted by atomic mass is 10.2. The van der Waals surface area contributed by atoms with Crippen LogP contribution in [0.25, 0.3) is 0 Å². The predicted molar refractivity (Wildman–Crippen MR) is 96.7 cm³/mol. The highest BCUT2D eigenvalue weighted by Gasteiger charge is 2.16. The van der Waals surface area contributed by atoms with Crippen LogP contribution in [0, 0.1) is 6.92 Å². The summed E-state index contributed by atoms with van der Waals surface area (Å²) in [4.78, 5) is 17.4. The first kappa shape index (κ1) is 19.4. The third kappa shape index (κ3) is 5.52. The van der Waals surface area contributed by atoms with Crippen LogP contribution in [0.15, 0.2) is 47.6 Å². The van der Waals surface area contributed by atoms with Gasteiger partial charge in [-0.15, -0.1) is 0 Å². The molecule has 1 N–H and O–H groups in total. The molecule has 0 fully saturated rings. The van der Waals surface area contributed by atoms with Gasteiger partial charge in [-0.05, 0) is 48.4 Å². The van der Waals surface area contributed by atoms with Crippen molar-refractivity contribution in [2.75, 3.05) is 13.1 Å². The van der Waals surface area contributed by atoms with Crippen molar-refractivity contribution in [2.24, 2.45) is 0 Å². The molecule has 0 spiro atoms. The van der Waals surface area contributed by atoms with E-state index in [-0.39, 0.29) is 23.9 Å². The zero-order valence-electron chi connectivity index (χ0n) is 14.1. The SMILES string of the molecule is CC(=O)N(CCNS(=O)(=O)c1ccc(Cl)c(C)c1)Cc1ccncc1. The average molecular weight is 382 g/mol. The summed E-state index contributed by atoms with van der Waals surface area (Å²) in [6.45, 7) is 3.99. The Bertz CT molecular complexity index is 841. The highest BCUT2D eigenvalue weighted by atomic mass is 35.5. The quantitative estimate of drug-likeness (QED) is 0.798. The molecular formula is C17H20ClN3O3S. The monoisotopic (exact) mass is 381 g/mol. The molecule has 0 saturated carbocycles. The number of sulfonamides is 1. The number of amides is 1. The summed E-state index contributed by atoms with van der Waals surface area (Å²) >= 11 is 5.92. The summed E-state index contributed by atoms with van der Waals surface area (Å²) < 4.78 is 27.2. The van der Waals surface area contributed by atoms with Crippen LogP contribution in [0.1, 0.15) is 18.1 Å². The van der Waals surface area contributed by atoms with Gasteiger partial charge in [-0.1, -0.05) is 11.6 Å². The Balaban J connectivity index is 1.98. The van der Waals surface area contributed by atoms with Gasteiger partial charge in [0.25, 0.3) is 0 Å². The highest BCUT2D eigenvalue weighted by Crippen LogP contribution is 2.19. The number of rotatable bonds is 7. The smallest absolute Gasteiger partial charge is 0.240 e. The maximum atomic E-state index is 12.3. The number of nitrogens with zero attached hydrogens (tertiary/aromatic N) is 2. The molecule has 0 aliphatic carbocycles. The van der Waals surface area contributed by atoms with E-state index in [0.717, 1.165) is 5.56 Å². The molecule has 1 aromatic heterocycles. The molecular weight excluding hydrogens is 362 g/mol. The van der Waals surface area contributed by atoms with Crippen LogP contribution in [-0.2, 0) is 21.4 Å². The average Bonchev–Trinajstić information content (AvgIpc) is 2.57. The van der Waals surface area contributed by atoms with Crippen LogP contribution >= 0.6 is 11.6 Å². The molecule has 0 radical (unpaired) electrons. The summed E-state index contributed by atoms with van der Waals surface area (Å²) in [5.74, 6) is -0.127. The minimum Gasteiger partial charge on any atom is -0.337 e. The lowest BCUT2D eigenvalue weighted by Crippen LogP contribution is -2.37. The fourth-order valence-corrected chi connectivity index (χ4v) is 3.46. The van der Waals surface area contributed by atoms with Gasteiger partial charge in [0.05, 0.1) is 4.90 Å². The topological polar surface area (TPSA) is 79.4 Å². The Hall–Kier alpha value is -1.96. The standard InChI is InChI=1S/C17H20ClN3O3S/c1-13-11-16(3-4-17(13)18)25(23,24)20-9-10-21(14(2)22)12-15-5-7-19-8-6-15/h3-8,11,20H,9-10,12H2,1-2H3. The largest absolute Gasteiger partial charge is 0.337 e. The van der Waals surface area contributed by atoms with Crippen molar-refractivity contribution in [3.8, 4) is 0 Å². The number of hydrogen-bond acceptors (Lipinski definition) is 4. The molecule has 1 heterocycles. The van der Waals surface area contributed by atoms with E-state index in [1.54, 1.807) is 30.3 Å². The third-order valence-corrected chi connectivity index (χ3v) is 5.56. The van der Waals surface area contributed by atoms with Crippen molar-refractivity contribution in [2.45, 2.75) is 25.3 Å². The van der Waals surface area contributed by atoms with Gasteiger partial charge in [-0.2, -0.15) is 0 Å². The summed E-state index contributed by atoms with van der Waals surface area (Å²) in [5, 5.41) is 0.513. The Morgan fingerprint density at radius 3 is 2.52 bits per heavy atom. The fraction of sp³-hybridized carbons (Fsp3) is 0.294. The van der Waals surface area contributed by atoms with Crippen molar-refractivity contribution in [3.05, 3.63) is 58.9 Å². The molecule has 8 heteroatoms. The fourth-order valence-electron chi connectivity index (χ4n) is 2.24. The van der Waals surface area contributed by atoms with Crippen LogP contribution in [0.5, 0.6) is 0 Å². The lowest BCUT2D eigenvalue weighted by Gasteiger charge is -2.21. The van der Waals surface area contributed by atoms with Gasteiger partial charge >= 0.3 is 0 Å². The first-order chi connectivity index (χ1) is 11.8. The second kappa shape index (κ2) is 8.42. The number of carbonyl (C=O) groups excluding carboxylic acids is 1. The van der Waals surface area contributed by atoms with Crippen molar-refractivity contribution in [1.82, 2.24) is 14.6 Å². The number of hydrogen-bond donors (Lipinski definition) is 1. The maximum Gasteiger partial charge on any atom is 0.240 e. The van der Waals surface area contributed by atoms with Crippen LogP contribution in [-0.4, -0.2) is 37.3 Å². The molecule has 1 aromatic carbocycles. The van der Waals surface area contributed by atoms with Gasteiger partial charge in [0.2, 0.25) is 15.9 Å².